The Kier molecular flexibility index (Phi) is 5.78. The van der Waals surface area contributed by atoms with E-state index in [-0.39, 0.29) is 6.17 Å². The first kappa shape index (κ1) is 10.4. The van der Waals surface area contributed by atoms with Crippen LogP contribution < -0.4 is 17.2 Å². The molecular formula is C7H18N4. The highest BCUT2D eigenvalue weighted by Gasteiger charge is 1.92. The predicted octanol–water partition coefficient (Wildman–Crippen LogP) is -0.223. The van der Waals surface area contributed by atoms with Gasteiger partial charge in [0.15, 0.2) is 0 Å². The Morgan fingerprint density at radius 3 is 2.45 bits per heavy atom. The van der Waals surface area contributed by atoms with Crippen molar-refractivity contribution in [1.82, 2.24) is 0 Å². The molecule has 0 unspecified atom stereocenters. The lowest BCUT2D eigenvalue weighted by molar-refractivity contribution is 0.584. The van der Waals surface area contributed by atoms with Gasteiger partial charge in [0, 0.05) is 6.54 Å². The average molecular weight is 158 g/mol. The zero-order valence-electron chi connectivity index (χ0n) is 7.09. The normalized spacial score (nSPS) is 12.5. The van der Waals surface area contributed by atoms with Crippen LogP contribution in [0.15, 0.2) is 4.99 Å². The molecule has 0 aliphatic rings. The van der Waals surface area contributed by atoms with Crippen molar-refractivity contribution < 1.29 is 0 Å². The summed E-state index contributed by atoms with van der Waals surface area (Å²) < 4.78 is 0. The summed E-state index contributed by atoms with van der Waals surface area (Å²) in [5.74, 6) is 0.641. The molecule has 0 saturated heterocycles. The van der Waals surface area contributed by atoms with Crippen LogP contribution in [0.5, 0.6) is 0 Å². The number of rotatable bonds is 5. The van der Waals surface area contributed by atoms with Crippen molar-refractivity contribution in [3.05, 3.63) is 0 Å². The third kappa shape index (κ3) is 9.39. The van der Waals surface area contributed by atoms with E-state index < -0.39 is 0 Å². The monoisotopic (exact) mass is 158 g/mol. The van der Waals surface area contributed by atoms with Gasteiger partial charge in [0.25, 0.3) is 0 Å². The third-order valence-corrected chi connectivity index (χ3v) is 1.31. The molecule has 4 heteroatoms. The Morgan fingerprint density at radius 2 is 2.00 bits per heavy atom. The molecule has 11 heavy (non-hydrogen) atoms. The summed E-state index contributed by atoms with van der Waals surface area (Å²) in [5.41, 5.74) is 16.0. The molecule has 0 aromatic carbocycles. The first-order valence-corrected chi connectivity index (χ1v) is 3.90. The van der Waals surface area contributed by atoms with Crippen LogP contribution in [0.25, 0.3) is 0 Å². The van der Waals surface area contributed by atoms with E-state index in [0.29, 0.717) is 5.84 Å². The molecular weight excluding hydrogens is 140 g/mol. The summed E-state index contributed by atoms with van der Waals surface area (Å²) >= 11 is 0. The Hall–Kier alpha value is -0.610. The first-order chi connectivity index (χ1) is 5.13. The summed E-state index contributed by atoms with van der Waals surface area (Å²) in [6, 6.07) is 0. The fourth-order valence-electron chi connectivity index (χ4n) is 0.747. The second-order valence-corrected chi connectivity index (χ2v) is 2.68. The summed E-state index contributed by atoms with van der Waals surface area (Å²) in [7, 11) is 0. The van der Waals surface area contributed by atoms with Crippen molar-refractivity contribution in [2.24, 2.45) is 22.2 Å². The van der Waals surface area contributed by atoms with E-state index in [4.69, 9.17) is 17.2 Å². The van der Waals surface area contributed by atoms with Gasteiger partial charge in [0.2, 0.25) is 0 Å². The van der Waals surface area contributed by atoms with Crippen molar-refractivity contribution in [2.75, 3.05) is 6.54 Å². The highest BCUT2D eigenvalue weighted by molar-refractivity contribution is 5.77. The summed E-state index contributed by atoms with van der Waals surface area (Å²) in [4.78, 5) is 4.03. The number of hydrogen-bond acceptors (Lipinski definition) is 3. The fraction of sp³-hybridized carbons (Fsp3) is 0.857. The summed E-state index contributed by atoms with van der Waals surface area (Å²) in [5, 5.41) is 0. The molecule has 0 amide bonds. The molecule has 0 bridgehead atoms. The number of hydrogen-bond donors (Lipinski definition) is 3. The van der Waals surface area contributed by atoms with Gasteiger partial charge in [0.1, 0.15) is 0 Å². The van der Waals surface area contributed by atoms with Crippen LogP contribution in [0.3, 0.4) is 0 Å². The zero-order valence-corrected chi connectivity index (χ0v) is 7.09. The Morgan fingerprint density at radius 1 is 1.36 bits per heavy atom. The highest BCUT2D eigenvalue weighted by atomic mass is 14.8. The molecule has 66 valence electrons. The smallest absolute Gasteiger partial charge is 0.0905 e. The Bertz CT molecular complexity index is 116. The van der Waals surface area contributed by atoms with E-state index in [1.165, 1.54) is 0 Å². The quantitative estimate of drug-likeness (QED) is 0.223. The van der Waals surface area contributed by atoms with Crippen LogP contribution in [-0.4, -0.2) is 18.5 Å². The lowest BCUT2D eigenvalue weighted by Gasteiger charge is -2.02. The number of unbranched alkanes of at least 4 members (excludes halogenated alkanes) is 1. The SMILES string of the molecule is CC(N)=NCCCCC(N)N. The van der Waals surface area contributed by atoms with E-state index in [1.54, 1.807) is 6.92 Å². The van der Waals surface area contributed by atoms with Crippen molar-refractivity contribution in [3.63, 3.8) is 0 Å². The molecule has 0 fully saturated rings. The van der Waals surface area contributed by atoms with E-state index in [2.05, 4.69) is 4.99 Å². The van der Waals surface area contributed by atoms with Gasteiger partial charge < -0.3 is 17.2 Å². The third-order valence-electron chi connectivity index (χ3n) is 1.31. The second kappa shape index (κ2) is 6.12. The van der Waals surface area contributed by atoms with Gasteiger partial charge in [-0.25, -0.2) is 0 Å². The van der Waals surface area contributed by atoms with Gasteiger partial charge in [-0.3, -0.25) is 4.99 Å². The van der Waals surface area contributed by atoms with E-state index in [0.717, 1.165) is 25.8 Å². The van der Waals surface area contributed by atoms with Gasteiger partial charge in [-0.05, 0) is 26.2 Å². The average Bonchev–Trinajstić information content (AvgIpc) is 1.85. The number of nitrogens with zero attached hydrogens (tertiary/aromatic N) is 1. The minimum absolute atomic E-state index is 0.182. The van der Waals surface area contributed by atoms with Crippen LogP contribution in [0.4, 0.5) is 0 Å². The zero-order chi connectivity index (χ0) is 8.69. The highest BCUT2D eigenvalue weighted by Crippen LogP contribution is 1.95. The summed E-state index contributed by atoms with van der Waals surface area (Å²) in [6.07, 6.45) is 2.71. The Balaban J connectivity index is 3.09. The van der Waals surface area contributed by atoms with Gasteiger partial charge in [0.05, 0.1) is 12.0 Å². The number of nitrogens with two attached hydrogens (primary N) is 3. The summed E-state index contributed by atoms with van der Waals surface area (Å²) in [6.45, 7) is 2.57. The molecule has 0 aromatic heterocycles. The maximum atomic E-state index is 5.35. The van der Waals surface area contributed by atoms with Crippen LogP contribution in [0.2, 0.25) is 0 Å². The molecule has 0 aliphatic heterocycles. The van der Waals surface area contributed by atoms with E-state index in [9.17, 15) is 0 Å². The minimum Gasteiger partial charge on any atom is -0.388 e. The van der Waals surface area contributed by atoms with Gasteiger partial charge >= 0.3 is 0 Å². The molecule has 0 spiro atoms. The lowest BCUT2D eigenvalue weighted by Crippen LogP contribution is -2.29. The molecule has 0 saturated carbocycles. The van der Waals surface area contributed by atoms with Crippen LogP contribution in [0, 0.1) is 0 Å². The van der Waals surface area contributed by atoms with Gasteiger partial charge in [-0.2, -0.15) is 0 Å². The van der Waals surface area contributed by atoms with E-state index in [1.807, 2.05) is 0 Å². The molecule has 0 aliphatic carbocycles. The topological polar surface area (TPSA) is 90.4 Å². The molecule has 6 N–H and O–H groups in total. The molecule has 0 radical (unpaired) electrons. The van der Waals surface area contributed by atoms with Crippen LogP contribution in [0.1, 0.15) is 26.2 Å². The largest absolute Gasteiger partial charge is 0.388 e. The van der Waals surface area contributed by atoms with Crippen molar-refractivity contribution >= 4 is 5.84 Å². The maximum Gasteiger partial charge on any atom is 0.0905 e. The molecule has 0 heterocycles. The first-order valence-electron chi connectivity index (χ1n) is 3.90. The van der Waals surface area contributed by atoms with Crippen molar-refractivity contribution in [1.29, 1.82) is 0 Å². The number of amidine groups is 1. The van der Waals surface area contributed by atoms with Crippen molar-refractivity contribution in [3.8, 4) is 0 Å². The molecule has 0 rings (SSSR count). The second-order valence-electron chi connectivity index (χ2n) is 2.68. The molecule has 0 aromatic rings. The fourth-order valence-corrected chi connectivity index (χ4v) is 0.747. The number of aliphatic imine (C=N–C) groups is 1. The van der Waals surface area contributed by atoms with Gasteiger partial charge in [-0.1, -0.05) is 0 Å². The molecule has 0 atom stereocenters. The minimum atomic E-state index is -0.182. The van der Waals surface area contributed by atoms with Gasteiger partial charge in [-0.15, -0.1) is 0 Å². The van der Waals surface area contributed by atoms with Crippen LogP contribution in [-0.2, 0) is 0 Å². The predicted molar refractivity (Wildman–Crippen MR) is 48.2 cm³/mol. The van der Waals surface area contributed by atoms with E-state index >= 15 is 0 Å². The molecule has 4 nitrogen and oxygen atoms in total. The Labute approximate surface area is 67.8 Å². The maximum absolute atomic E-state index is 5.35. The lowest BCUT2D eigenvalue weighted by atomic mass is 10.2. The standard InChI is InChI=1S/C7H18N4/c1-6(8)11-5-3-2-4-7(9)10/h7H,2-5,9-10H2,1H3,(H2,8,11). The van der Waals surface area contributed by atoms with Crippen LogP contribution >= 0.6 is 0 Å². The van der Waals surface area contributed by atoms with Crippen molar-refractivity contribution in [2.45, 2.75) is 32.4 Å².